The molecule has 4 heteroatoms. The molecule has 0 N–H and O–H groups in total. The third kappa shape index (κ3) is 4.80. The summed E-state index contributed by atoms with van der Waals surface area (Å²) in [5.41, 5.74) is 1.83. The maximum atomic E-state index is 6.09. The second kappa shape index (κ2) is 7.47. The first kappa shape index (κ1) is 18.0. The number of hydrogen-bond acceptors (Lipinski definition) is 4. The maximum Gasteiger partial charge on any atom is 0.178 e. The van der Waals surface area contributed by atoms with E-state index in [4.69, 9.17) is 18.9 Å². The molecule has 0 aliphatic carbocycles. The van der Waals surface area contributed by atoms with Gasteiger partial charge in [0.1, 0.15) is 5.75 Å². The van der Waals surface area contributed by atoms with E-state index in [1.54, 1.807) is 7.11 Å². The SMILES string of the molecule is COc1ccc(C(C)(C)OC/C(C)=C/C2O[C@@H](C)[C@@H](C)O2)cc1. The Morgan fingerprint density at radius 1 is 1.13 bits per heavy atom. The van der Waals surface area contributed by atoms with Crippen LogP contribution in [0, 0.1) is 0 Å². The number of ether oxygens (including phenoxy) is 4. The summed E-state index contributed by atoms with van der Waals surface area (Å²) in [6.45, 7) is 10.7. The van der Waals surface area contributed by atoms with Gasteiger partial charge in [0.15, 0.2) is 6.29 Å². The number of hydrogen-bond donors (Lipinski definition) is 0. The Bertz CT molecular complexity index is 523. The lowest BCUT2D eigenvalue weighted by atomic mass is 9.98. The summed E-state index contributed by atoms with van der Waals surface area (Å²) in [6, 6.07) is 7.97. The first-order chi connectivity index (χ1) is 10.8. The van der Waals surface area contributed by atoms with Crippen molar-refractivity contribution in [2.45, 2.75) is 58.7 Å². The van der Waals surface area contributed by atoms with Crippen LogP contribution in [-0.4, -0.2) is 32.2 Å². The molecule has 1 aromatic carbocycles. The molecule has 1 saturated heterocycles. The van der Waals surface area contributed by atoms with Crippen molar-refractivity contribution in [2.75, 3.05) is 13.7 Å². The molecular weight excluding hydrogens is 292 g/mol. The highest BCUT2D eigenvalue weighted by Crippen LogP contribution is 2.27. The summed E-state index contributed by atoms with van der Waals surface area (Å²) in [5, 5.41) is 0. The minimum Gasteiger partial charge on any atom is -0.497 e. The third-order valence-corrected chi connectivity index (χ3v) is 4.23. The molecule has 0 bridgehead atoms. The zero-order chi connectivity index (χ0) is 17.0. The van der Waals surface area contributed by atoms with Gasteiger partial charge in [-0.15, -0.1) is 0 Å². The van der Waals surface area contributed by atoms with E-state index in [1.165, 1.54) is 0 Å². The molecule has 128 valence electrons. The summed E-state index contributed by atoms with van der Waals surface area (Å²) in [4.78, 5) is 0. The topological polar surface area (TPSA) is 36.9 Å². The van der Waals surface area contributed by atoms with Crippen molar-refractivity contribution < 1.29 is 18.9 Å². The highest BCUT2D eigenvalue weighted by atomic mass is 16.7. The van der Waals surface area contributed by atoms with E-state index in [0.717, 1.165) is 16.9 Å². The molecule has 0 amide bonds. The predicted molar refractivity (Wildman–Crippen MR) is 90.6 cm³/mol. The van der Waals surface area contributed by atoms with Gasteiger partial charge >= 0.3 is 0 Å². The van der Waals surface area contributed by atoms with Crippen molar-refractivity contribution in [3.63, 3.8) is 0 Å². The highest BCUT2D eigenvalue weighted by Gasteiger charge is 2.28. The van der Waals surface area contributed by atoms with Gasteiger partial charge < -0.3 is 18.9 Å². The summed E-state index contributed by atoms with van der Waals surface area (Å²) in [5.74, 6) is 0.847. The molecule has 0 spiro atoms. The molecular formula is C19H28O4. The second-order valence-electron chi connectivity index (χ2n) is 6.59. The van der Waals surface area contributed by atoms with Crippen LogP contribution < -0.4 is 4.74 Å². The van der Waals surface area contributed by atoms with Crippen molar-refractivity contribution >= 4 is 0 Å². The van der Waals surface area contributed by atoms with Crippen LogP contribution in [0.5, 0.6) is 5.75 Å². The van der Waals surface area contributed by atoms with Gasteiger partial charge in [-0.1, -0.05) is 12.1 Å². The smallest absolute Gasteiger partial charge is 0.178 e. The fourth-order valence-corrected chi connectivity index (χ4v) is 2.41. The Labute approximate surface area is 139 Å². The van der Waals surface area contributed by atoms with E-state index in [0.29, 0.717) is 6.61 Å². The molecule has 1 fully saturated rings. The van der Waals surface area contributed by atoms with E-state index < -0.39 is 0 Å². The van der Waals surface area contributed by atoms with E-state index in [9.17, 15) is 0 Å². The van der Waals surface area contributed by atoms with Gasteiger partial charge in [-0.05, 0) is 64.0 Å². The Morgan fingerprint density at radius 3 is 2.22 bits per heavy atom. The highest BCUT2D eigenvalue weighted by molar-refractivity contribution is 5.30. The average molecular weight is 320 g/mol. The Hall–Kier alpha value is -1.36. The predicted octanol–water partition coefficient (Wildman–Crippen LogP) is 4.04. The third-order valence-electron chi connectivity index (χ3n) is 4.23. The van der Waals surface area contributed by atoms with Crippen molar-refractivity contribution in [3.05, 3.63) is 41.5 Å². The van der Waals surface area contributed by atoms with Gasteiger partial charge in [-0.3, -0.25) is 0 Å². The molecule has 4 nitrogen and oxygen atoms in total. The van der Waals surface area contributed by atoms with E-state index in [-0.39, 0.29) is 24.1 Å². The summed E-state index contributed by atoms with van der Waals surface area (Å²) in [7, 11) is 1.67. The molecule has 1 aromatic rings. The van der Waals surface area contributed by atoms with Crippen LogP contribution in [0.2, 0.25) is 0 Å². The maximum absolute atomic E-state index is 6.09. The average Bonchev–Trinajstić information content (AvgIpc) is 2.83. The van der Waals surface area contributed by atoms with Crippen LogP contribution in [0.1, 0.15) is 40.2 Å². The molecule has 1 heterocycles. The minimum atomic E-state index is -0.376. The molecule has 1 aliphatic heterocycles. The monoisotopic (exact) mass is 320 g/mol. The normalized spacial score (nSPS) is 25.7. The van der Waals surface area contributed by atoms with Crippen molar-refractivity contribution in [1.82, 2.24) is 0 Å². The van der Waals surface area contributed by atoms with Crippen molar-refractivity contribution in [1.29, 1.82) is 0 Å². The van der Waals surface area contributed by atoms with Gasteiger partial charge in [-0.2, -0.15) is 0 Å². The van der Waals surface area contributed by atoms with Crippen molar-refractivity contribution in [3.8, 4) is 5.75 Å². The van der Waals surface area contributed by atoms with Crippen LogP contribution >= 0.6 is 0 Å². The molecule has 3 atom stereocenters. The van der Waals surface area contributed by atoms with Crippen LogP contribution in [0.25, 0.3) is 0 Å². The molecule has 2 rings (SSSR count). The largest absolute Gasteiger partial charge is 0.497 e. The zero-order valence-electron chi connectivity index (χ0n) is 15.0. The lowest BCUT2D eigenvalue weighted by molar-refractivity contribution is -0.0293. The second-order valence-corrected chi connectivity index (χ2v) is 6.59. The van der Waals surface area contributed by atoms with Crippen LogP contribution in [0.3, 0.4) is 0 Å². The first-order valence-electron chi connectivity index (χ1n) is 8.08. The Balaban J connectivity index is 1.92. The Kier molecular flexibility index (Phi) is 5.84. The number of methoxy groups -OCH3 is 1. The van der Waals surface area contributed by atoms with Gasteiger partial charge in [0, 0.05) is 0 Å². The van der Waals surface area contributed by atoms with Crippen LogP contribution in [-0.2, 0) is 19.8 Å². The van der Waals surface area contributed by atoms with E-state index in [1.807, 2.05) is 51.1 Å². The quantitative estimate of drug-likeness (QED) is 0.741. The van der Waals surface area contributed by atoms with Gasteiger partial charge in [0.2, 0.25) is 0 Å². The lowest BCUT2D eigenvalue weighted by Gasteiger charge is -2.26. The number of benzene rings is 1. The Morgan fingerprint density at radius 2 is 1.70 bits per heavy atom. The van der Waals surface area contributed by atoms with Crippen LogP contribution in [0.15, 0.2) is 35.9 Å². The summed E-state index contributed by atoms with van der Waals surface area (Å²) < 4.78 is 22.7. The van der Waals surface area contributed by atoms with E-state index in [2.05, 4.69) is 13.8 Å². The van der Waals surface area contributed by atoms with Crippen LogP contribution in [0.4, 0.5) is 0 Å². The fraction of sp³-hybridized carbons (Fsp3) is 0.579. The minimum absolute atomic E-state index is 0.126. The summed E-state index contributed by atoms with van der Waals surface area (Å²) >= 11 is 0. The fourth-order valence-electron chi connectivity index (χ4n) is 2.41. The van der Waals surface area contributed by atoms with Crippen molar-refractivity contribution in [2.24, 2.45) is 0 Å². The lowest BCUT2D eigenvalue weighted by Crippen LogP contribution is -2.23. The van der Waals surface area contributed by atoms with Gasteiger partial charge in [-0.25, -0.2) is 0 Å². The number of rotatable bonds is 6. The standard InChI is InChI=1S/C19H28O4/c1-13(11-18-22-14(2)15(3)23-18)12-21-19(4,5)16-7-9-17(20-6)10-8-16/h7-11,14-15,18H,12H2,1-6H3/b13-11+/t14-,15+,18?. The zero-order valence-corrected chi connectivity index (χ0v) is 15.0. The molecule has 1 aliphatic rings. The summed E-state index contributed by atoms with van der Waals surface area (Å²) in [6.07, 6.45) is 1.97. The van der Waals surface area contributed by atoms with E-state index >= 15 is 0 Å². The molecule has 0 radical (unpaired) electrons. The molecule has 1 unspecified atom stereocenters. The van der Waals surface area contributed by atoms with Gasteiger partial charge in [0.05, 0.1) is 31.5 Å². The van der Waals surface area contributed by atoms with Gasteiger partial charge in [0.25, 0.3) is 0 Å². The molecule has 23 heavy (non-hydrogen) atoms. The molecule has 0 aromatic heterocycles. The molecule has 0 saturated carbocycles. The first-order valence-corrected chi connectivity index (χ1v) is 8.08.